The average Bonchev–Trinajstić information content (AvgIpc) is 2.75. The highest BCUT2D eigenvalue weighted by atomic mass is 16.5. The van der Waals surface area contributed by atoms with E-state index in [-0.39, 0.29) is 11.4 Å². The van der Waals surface area contributed by atoms with Crippen LogP contribution >= 0.6 is 0 Å². The van der Waals surface area contributed by atoms with Gasteiger partial charge in [0.25, 0.3) is 5.56 Å². The fourth-order valence-corrected chi connectivity index (χ4v) is 4.17. The van der Waals surface area contributed by atoms with Crippen molar-refractivity contribution in [3.63, 3.8) is 0 Å². The van der Waals surface area contributed by atoms with Gasteiger partial charge in [-0.15, -0.1) is 0 Å². The van der Waals surface area contributed by atoms with Crippen LogP contribution in [-0.2, 0) is 6.42 Å². The van der Waals surface area contributed by atoms with E-state index in [1.165, 1.54) is 0 Å². The Morgan fingerprint density at radius 1 is 1.06 bits per heavy atom. The number of hydrogen-bond donors (Lipinski definition) is 3. The normalized spacial score (nSPS) is 15.4. The van der Waals surface area contributed by atoms with E-state index in [9.17, 15) is 14.7 Å². The standard InChI is InChI=1S/C23H25N3O5/c1-12-5-6-15(9-13(12)2)26-22(28)19(21(27)25-23(26)29)20-16-11-18(31-4)17(30-3)10-14(16)7-8-24-20/h5-6,9-11,20,24,28H,7-8H2,1-4H3,(H,25,27,29)/p+1/t20-/m1/s1. The minimum atomic E-state index is -0.683. The molecule has 2 heterocycles. The van der Waals surface area contributed by atoms with Gasteiger partial charge in [0.1, 0.15) is 11.6 Å². The molecule has 0 fully saturated rings. The van der Waals surface area contributed by atoms with Crippen LogP contribution in [0.2, 0.25) is 0 Å². The van der Waals surface area contributed by atoms with Gasteiger partial charge in [0.2, 0.25) is 5.88 Å². The third-order valence-corrected chi connectivity index (χ3v) is 5.98. The van der Waals surface area contributed by atoms with Crippen LogP contribution < -0.4 is 26.0 Å². The monoisotopic (exact) mass is 424 g/mol. The topological polar surface area (TPSA) is 110 Å². The van der Waals surface area contributed by atoms with Crippen molar-refractivity contribution >= 4 is 0 Å². The first-order valence-corrected chi connectivity index (χ1v) is 10.1. The van der Waals surface area contributed by atoms with Crippen LogP contribution in [0.3, 0.4) is 0 Å². The van der Waals surface area contributed by atoms with E-state index in [1.54, 1.807) is 20.3 Å². The lowest BCUT2D eigenvalue weighted by Crippen LogP contribution is -2.87. The van der Waals surface area contributed by atoms with Gasteiger partial charge in [-0.3, -0.25) is 9.78 Å². The predicted molar refractivity (Wildman–Crippen MR) is 116 cm³/mol. The Kier molecular flexibility index (Phi) is 5.32. The second-order valence-electron chi connectivity index (χ2n) is 7.76. The van der Waals surface area contributed by atoms with E-state index in [0.717, 1.165) is 39.8 Å². The van der Waals surface area contributed by atoms with Gasteiger partial charge in [0.05, 0.1) is 26.5 Å². The Labute approximate surface area is 179 Å². The number of aryl methyl sites for hydroxylation is 2. The fraction of sp³-hybridized carbons (Fsp3) is 0.304. The summed E-state index contributed by atoms with van der Waals surface area (Å²) >= 11 is 0. The first-order chi connectivity index (χ1) is 14.8. The molecule has 31 heavy (non-hydrogen) atoms. The number of ether oxygens (including phenoxy) is 2. The van der Waals surface area contributed by atoms with Crippen molar-refractivity contribution in [2.45, 2.75) is 26.3 Å². The minimum Gasteiger partial charge on any atom is -0.494 e. The van der Waals surface area contributed by atoms with Crippen LogP contribution in [-0.4, -0.2) is 35.4 Å². The zero-order chi connectivity index (χ0) is 22.3. The van der Waals surface area contributed by atoms with Crippen LogP contribution in [0.5, 0.6) is 17.4 Å². The van der Waals surface area contributed by atoms with Crippen molar-refractivity contribution in [2.24, 2.45) is 0 Å². The van der Waals surface area contributed by atoms with Crippen molar-refractivity contribution in [1.29, 1.82) is 0 Å². The summed E-state index contributed by atoms with van der Waals surface area (Å²) < 4.78 is 12.0. The highest BCUT2D eigenvalue weighted by molar-refractivity contribution is 5.52. The summed E-state index contributed by atoms with van der Waals surface area (Å²) in [6.45, 7) is 4.61. The molecule has 0 spiro atoms. The molecule has 0 bridgehead atoms. The number of nitrogens with zero attached hydrogens (tertiary/aromatic N) is 1. The summed E-state index contributed by atoms with van der Waals surface area (Å²) in [5.74, 6) is 0.793. The summed E-state index contributed by atoms with van der Waals surface area (Å²) in [7, 11) is 3.13. The van der Waals surface area contributed by atoms with E-state index in [1.807, 2.05) is 43.4 Å². The molecular weight excluding hydrogens is 398 g/mol. The van der Waals surface area contributed by atoms with Crippen LogP contribution in [0.15, 0.2) is 39.9 Å². The van der Waals surface area contributed by atoms with Crippen molar-refractivity contribution in [1.82, 2.24) is 9.55 Å². The number of nitrogens with one attached hydrogen (secondary N) is 1. The average molecular weight is 424 g/mol. The van der Waals surface area contributed by atoms with E-state index < -0.39 is 17.3 Å². The predicted octanol–water partition coefficient (Wildman–Crippen LogP) is 1.07. The second-order valence-corrected chi connectivity index (χ2v) is 7.76. The molecule has 0 amide bonds. The lowest BCUT2D eigenvalue weighted by atomic mass is 9.90. The highest BCUT2D eigenvalue weighted by Crippen LogP contribution is 2.36. The molecule has 8 nitrogen and oxygen atoms in total. The Hall–Kier alpha value is -3.52. The van der Waals surface area contributed by atoms with E-state index >= 15 is 0 Å². The van der Waals surface area contributed by atoms with Gasteiger partial charge in [-0.25, -0.2) is 9.36 Å². The Bertz CT molecular complexity index is 1280. The SMILES string of the molecule is COc1cc2c(cc1OC)[C@H](c1c(O)n(-c3ccc(C)c(C)c3)c(=O)[nH]c1=O)[NH2+]CC2. The third kappa shape index (κ3) is 3.48. The summed E-state index contributed by atoms with van der Waals surface area (Å²) in [5.41, 5.74) is 3.23. The number of aromatic amines is 1. The van der Waals surface area contributed by atoms with Gasteiger partial charge in [0, 0.05) is 12.0 Å². The number of fused-ring (bicyclic) bond motifs is 1. The number of aromatic nitrogens is 2. The van der Waals surface area contributed by atoms with Crippen LogP contribution in [0, 0.1) is 13.8 Å². The Morgan fingerprint density at radius 2 is 1.77 bits per heavy atom. The fourth-order valence-electron chi connectivity index (χ4n) is 4.17. The third-order valence-electron chi connectivity index (χ3n) is 5.98. The first-order valence-electron chi connectivity index (χ1n) is 10.1. The molecule has 1 atom stereocenters. The van der Waals surface area contributed by atoms with Gasteiger partial charge in [-0.05, 0) is 54.8 Å². The number of nitrogens with two attached hydrogens (primary N) is 1. The smallest absolute Gasteiger partial charge is 0.335 e. The molecule has 2 aromatic carbocycles. The number of methoxy groups -OCH3 is 2. The molecular formula is C23H26N3O5+. The number of hydrogen-bond acceptors (Lipinski definition) is 5. The molecule has 1 aliphatic heterocycles. The molecule has 0 saturated heterocycles. The molecule has 0 saturated carbocycles. The van der Waals surface area contributed by atoms with Gasteiger partial charge in [-0.1, -0.05) is 6.07 Å². The van der Waals surface area contributed by atoms with Crippen LogP contribution in [0.25, 0.3) is 5.69 Å². The minimum absolute atomic E-state index is 0.131. The highest BCUT2D eigenvalue weighted by Gasteiger charge is 2.33. The van der Waals surface area contributed by atoms with Crippen molar-refractivity contribution in [2.75, 3.05) is 20.8 Å². The number of quaternary nitrogens is 1. The maximum atomic E-state index is 12.8. The second kappa shape index (κ2) is 7.96. The summed E-state index contributed by atoms with van der Waals surface area (Å²) in [5, 5.41) is 13.1. The zero-order valence-corrected chi connectivity index (χ0v) is 18.0. The molecule has 4 rings (SSSR count). The van der Waals surface area contributed by atoms with Gasteiger partial charge >= 0.3 is 5.69 Å². The number of H-pyrrole nitrogens is 1. The molecule has 0 unspecified atom stereocenters. The zero-order valence-electron chi connectivity index (χ0n) is 18.0. The summed E-state index contributed by atoms with van der Waals surface area (Å²) in [4.78, 5) is 27.8. The van der Waals surface area contributed by atoms with Gasteiger partial charge in [-0.2, -0.15) is 0 Å². The molecule has 4 N–H and O–H groups in total. The largest absolute Gasteiger partial charge is 0.494 e. The Balaban J connectivity index is 1.94. The molecule has 162 valence electrons. The van der Waals surface area contributed by atoms with Gasteiger partial charge < -0.3 is 19.9 Å². The molecule has 1 aliphatic rings. The maximum absolute atomic E-state index is 12.8. The molecule has 0 aliphatic carbocycles. The lowest BCUT2D eigenvalue weighted by Gasteiger charge is -2.26. The molecule has 3 aromatic rings. The van der Waals surface area contributed by atoms with Gasteiger partial charge in [0.15, 0.2) is 11.5 Å². The summed E-state index contributed by atoms with van der Waals surface area (Å²) in [6, 6.07) is 8.67. The molecule has 1 aromatic heterocycles. The lowest BCUT2D eigenvalue weighted by molar-refractivity contribution is -0.690. The van der Waals surface area contributed by atoms with E-state index in [2.05, 4.69) is 4.98 Å². The number of aromatic hydroxyl groups is 1. The number of benzene rings is 2. The van der Waals surface area contributed by atoms with Crippen molar-refractivity contribution in [3.05, 3.63) is 79.0 Å². The molecule has 0 radical (unpaired) electrons. The maximum Gasteiger partial charge on any atom is 0.335 e. The Morgan fingerprint density at radius 3 is 2.45 bits per heavy atom. The number of rotatable bonds is 4. The van der Waals surface area contributed by atoms with Crippen LogP contribution in [0.4, 0.5) is 0 Å². The van der Waals surface area contributed by atoms with E-state index in [4.69, 9.17) is 9.47 Å². The van der Waals surface area contributed by atoms with Crippen molar-refractivity contribution < 1.29 is 19.9 Å². The quantitative estimate of drug-likeness (QED) is 0.581. The van der Waals surface area contributed by atoms with Crippen molar-refractivity contribution in [3.8, 4) is 23.1 Å². The molecule has 8 heteroatoms. The first kappa shape index (κ1) is 20.7. The van der Waals surface area contributed by atoms with E-state index in [0.29, 0.717) is 17.2 Å². The van der Waals surface area contributed by atoms with Crippen LogP contribution in [0.1, 0.15) is 33.9 Å². The summed E-state index contributed by atoms with van der Waals surface area (Å²) in [6.07, 6.45) is 0.779.